The molecule has 0 saturated carbocycles. The second-order valence-corrected chi connectivity index (χ2v) is 7.12. The zero-order valence-electron chi connectivity index (χ0n) is 12.0. The van der Waals surface area contributed by atoms with Gasteiger partial charge >= 0.3 is 0 Å². The molecule has 5 nitrogen and oxygen atoms in total. The van der Waals surface area contributed by atoms with E-state index in [1.165, 1.54) is 4.31 Å². The van der Waals surface area contributed by atoms with E-state index in [-0.39, 0.29) is 0 Å². The molecule has 2 N–H and O–H groups in total. The normalized spacial score (nSPS) is 19.6. The molecule has 2 rings (SSSR count). The van der Waals surface area contributed by atoms with Gasteiger partial charge in [-0.2, -0.15) is 4.31 Å². The molecule has 1 saturated heterocycles. The van der Waals surface area contributed by atoms with Crippen LogP contribution in [0, 0.1) is 12.8 Å². The highest BCUT2D eigenvalue weighted by atomic mass is 32.2. The number of nitrogen functional groups attached to an aromatic ring is 1. The van der Waals surface area contributed by atoms with E-state index >= 15 is 0 Å². The number of ether oxygens (including phenoxy) is 1. The van der Waals surface area contributed by atoms with Crippen molar-refractivity contribution < 1.29 is 13.2 Å². The van der Waals surface area contributed by atoms with Gasteiger partial charge in [0.15, 0.2) is 0 Å². The lowest BCUT2D eigenvalue weighted by molar-refractivity contribution is 0.181. The van der Waals surface area contributed by atoms with Crippen molar-refractivity contribution in [2.75, 3.05) is 32.0 Å². The van der Waals surface area contributed by atoms with Crippen molar-refractivity contribution in [2.24, 2.45) is 5.92 Å². The van der Waals surface area contributed by atoms with Gasteiger partial charge in [0, 0.05) is 25.4 Å². The first kappa shape index (κ1) is 15.3. The molecule has 1 aromatic carbocycles. The fraction of sp³-hybridized carbons (Fsp3) is 0.571. The molecule has 0 aliphatic carbocycles. The van der Waals surface area contributed by atoms with Crippen LogP contribution in [0.15, 0.2) is 23.1 Å². The number of anilines is 1. The summed E-state index contributed by atoms with van der Waals surface area (Å²) in [4.78, 5) is 0.340. The van der Waals surface area contributed by atoms with Gasteiger partial charge in [0.1, 0.15) is 0 Å². The van der Waals surface area contributed by atoms with Gasteiger partial charge in [-0.3, -0.25) is 0 Å². The summed E-state index contributed by atoms with van der Waals surface area (Å²) in [6.07, 6.45) is 0.923. The lowest BCUT2D eigenvalue weighted by atomic mass is 10.1. The maximum absolute atomic E-state index is 12.7. The van der Waals surface area contributed by atoms with Crippen LogP contribution < -0.4 is 5.73 Å². The molecule has 112 valence electrons. The maximum Gasteiger partial charge on any atom is 0.243 e. The standard InChI is InChI=1S/C14H22N2O3S/c1-3-16(9-12-6-7-19-10-12)20(17,18)14-5-4-13(15)8-11(14)2/h4-5,8,12H,3,6-7,9-10,15H2,1-2H3. The van der Waals surface area contributed by atoms with Gasteiger partial charge in [0.05, 0.1) is 11.5 Å². The van der Waals surface area contributed by atoms with Crippen LogP contribution in [0.4, 0.5) is 5.69 Å². The molecule has 1 aromatic rings. The lowest BCUT2D eigenvalue weighted by Gasteiger charge is -2.24. The molecule has 0 bridgehead atoms. The van der Waals surface area contributed by atoms with Crippen molar-refractivity contribution in [3.63, 3.8) is 0 Å². The third-order valence-corrected chi connectivity index (χ3v) is 5.76. The molecule has 1 aliphatic rings. The molecular formula is C14H22N2O3S. The minimum atomic E-state index is -3.46. The number of rotatable bonds is 5. The van der Waals surface area contributed by atoms with Gasteiger partial charge in [0.2, 0.25) is 10.0 Å². The smallest absolute Gasteiger partial charge is 0.243 e. The third kappa shape index (κ3) is 3.13. The Bertz CT molecular complexity index is 566. The van der Waals surface area contributed by atoms with E-state index < -0.39 is 10.0 Å². The zero-order chi connectivity index (χ0) is 14.8. The summed E-state index contributed by atoms with van der Waals surface area (Å²) in [6, 6.07) is 4.92. The number of benzene rings is 1. The highest BCUT2D eigenvalue weighted by molar-refractivity contribution is 7.89. The van der Waals surface area contributed by atoms with Crippen LogP contribution >= 0.6 is 0 Å². The molecule has 0 radical (unpaired) electrons. The molecule has 1 fully saturated rings. The SMILES string of the molecule is CCN(CC1CCOC1)S(=O)(=O)c1ccc(N)cc1C. The summed E-state index contributed by atoms with van der Waals surface area (Å²) >= 11 is 0. The van der Waals surface area contributed by atoms with Gasteiger partial charge < -0.3 is 10.5 Å². The van der Waals surface area contributed by atoms with Crippen molar-refractivity contribution in [3.8, 4) is 0 Å². The Morgan fingerprint density at radius 2 is 2.20 bits per heavy atom. The van der Waals surface area contributed by atoms with Crippen molar-refractivity contribution >= 4 is 15.7 Å². The number of sulfonamides is 1. The molecule has 0 aromatic heterocycles. The number of nitrogens with zero attached hydrogens (tertiary/aromatic N) is 1. The van der Waals surface area contributed by atoms with Crippen LogP contribution in [0.3, 0.4) is 0 Å². The highest BCUT2D eigenvalue weighted by Gasteiger charge is 2.28. The van der Waals surface area contributed by atoms with Crippen molar-refractivity contribution in [3.05, 3.63) is 23.8 Å². The van der Waals surface area contributed by atoms with E-state index in [1.807, 2.05) is 6.92 Å². The molecule has 1 aliphatic heterocycles. The first-order valence-electron chi connectivity index (χ1n) is 6.89. The van der Waals surface area contributed by atoms with Crippen LogP contribution in [0.2, 0.25) is 0 Å². The molecule has 0 amide bonds. The van der Waals surface area contributed by atoms with Gasteiger partial charge in [-0.05, 0) is 43.0 Å². The van der Waals surface area contributed by atoms with Crippen LogP contribution in [0.25, 0.3) is 0 Å². The van der Waals surface area contributed by atoms with Gasteiger partial charge in [-0.1, -0.05) is 6.92 Å². The predicted molar refractivity (Wildman–Crippen MR) is 79.0 cm³/mol. The van der Waals surface area contributed by atoms with Crippen LogP contribution in [0.5, 0.6) is 0 Å². The second kappa shape index (κ2) is 6.11. The van der Waals surface area contributed by atoms with E-state index in [2.05, 4.69) is 0 Å². The third-order valence-electron chi connectivity index (χ3n) is 3.66. The zero-order valence-corrected chi connectivity index (χ0v) is 12.8. The average Bonchev–Trinajstić information content (AvgIpc) is 2.88. The predicted octanol–water partition coefficient (Wildman–Crippen LogP) is 1.62. The molecular weight excluding hydrogens is 276 g/mol. The Morgan fingerprint density at radius 1 is 1.45 bits per heavy atom. The summed E-state index contributed by atoms with van der Waals surface area (Å²) < 4.78 is 32.3. The van der Waals surface area contributed by atoms with Crippen molar-refractivity contribution in [2.45, 2.75) is 25.2 Å². The fourth-order valence-electron chi connectivity index (χ4n) is 2.51. The number of nitrogens with two attached hydrogens (primary N) is 1. The monoisotopic (exact) mass is 298 g/mol. The van der Waals surface area contributed by atoms with E-state index in [9.17, 15) is 8.42 Å². The quantitative estimate of drug-likeness (QED) is 0.839. The summed E-state index contributed by atoms with van der Waals surface area (Å²) in [5.74, 6) is 0.291. The van der Waals surface area contributed by atoms with Gasteiger partial charge in [0.25, 0.3) is 0 Å². The Hall–Kier alpha value is -1.11. The van der Waals surface area contributed by atoms with E-state index in [0.29, 0.717) is 41.8 Å². The van der Waals surface area contributed by atoms with Crippen molar-refractivity contribution in [1.82, 2.24) is 4.31 Å². The van der Waals surface area contributed by atoms with Gasteiger partial charge in [-0.25, -0.2) is 8.42 Å². The first-order valence-corrected chi connectivity index (χ1v) is 8.33. The van der Waals surface area contributed by atoms with E-state index in [4.69, 9.17) is 10.5 Å². The largest absolute Gasteiger partial charge is 0.399 e. The molecule has 1 unspecified atom stereocenters. The lowest BCUT2D eigenvalue weighted by Crippen LogP contribution is -2.35. The summed E-state index contributed by atoms with van der Waals surface area (Å²) in [5.41, 5.74) is 6.95. The van der Waals surface area contributed by atoms with E-state index in [0.717, 1.165) is 13.0 Å². The van der Waals surface area contributed by atoms with Gasteiger partial charge in [-0.15, -0.1) is 0 Å². The molecule has 1 heterocycles. The van der Waals surface area contributed by atoms with Crippen LogP contribution in [-0.2, 0) is 14.8 Å². The van der Waals surface area contributed by atoms with Crippen molar-refractivity contribution in [1.29, 1.82) is 0 Å². The molecule has 20 heavy (non-hydrogen) atoms. The summed E-state index contributed by atoms with van der Waals surface area (Å²) in [5, 5.41) is 0. The number of hydrogen-bond donors (Lipinski definition) is 1. The molecule has 0 spiro atoms. The van der Waals surface area contributed by atoms with E-state index in [1.54, 1.807) is 25.1 Å². The molecule has 6 heteroatoms. The summed E-state index contributed by atoms with van der Waals surface area (Å²) in [6.45, 7) is 5.98. The Balaban J connectivity index is 2.26. The summed E-state index contributed by atoms with van der Waals surface area (Å²) in [7, 11) is -3.46. The topological polar surface area (TPSA) is 72.6 Å². The minimum absolute atomic E-state index is 0.291. The Kier molecular flexibility index (Phi) is 4.67. The second-order valence-electron chi connectivity index (χ2n) is 5.21. The first-order chi connectivity index (χ1) is 9.45. The maximum atomic E-state index is 12.7. The Morgan fingerprint density at radius 3 is 2.75 bits per heavy atom. The Labute approximate surface area is 120 Å². The fourth-order valence-corrected chi connectivity index (χ4v) is 4.24. The average molecular weight is 298 g/mol. The van der Waals surface area contributed by atoms with Crippen LogP contribution in [-0.4, -0.2) is 39.0 Å². The van der Waals surface area contributed by atoms with Crippen LogP contribution in [0.1, 0.15) is 18.9 Å². The number of hydrogen-bond acceptors (Lipinski definition) is 4. The molecule has 1 atom stereocenters. The number of aryl methyl sites for hydroxylation is 1. The minimum Gasteiger partial charge on any atom is -0.399 e. The highest BCUT2D eigenvalue weighted by Crippen LogP contribution is 2.24.